The van der Waals surface area contributed by atoms with Crippen LogP contribution < -0.4 is 10.6 Å². The van der Waals surface area contributed by atoms with E-state index >= 15 is 0 Å². The third-order valence-corrected chi connectivity index (χ3v) is 2.19. The molecule has 1 atom stereocenters. The van der Waals surface area contributed by atoms with Crippen LogP contribution in [0, 0.1) is 21.4 Å². The van der Waals surface area contributed by atoms with Crippen molar-refractivity contribution in [2.24, 2.45) is 0 Å². The fourth-order valence-corrected chi connectivity index (χ4v) is 1.25. The predicted molar refractivity (Wildman–Crippen MR) is 62.8 cm³/mol. The minimum atomic E-state index is -0.672. The van der Waals surface area contributed by atoms with Gasteiger partial charge in [0, 0.05) is 19.3 Å². The van der Waals surface area contributed by atoms with E-state index in [2.05, 4.69) is 15.6 Å². The van der Waals surface area contributed by atoms with Crippen molar-refractivity contribution in [3.8, 4) is 6.07 Å². The van der Waals surface area contributed by atoms with Gasteiger partial charge in [-0.3, -0.25) is 14.9 Å². The fourth-order valence-electron chi connectivity index (χ4n) is 1.25. The van der Waals surface area contributed by atoms with E-state index in [9.17, 15) is 14.9 Å². The Kier molecular flexibility index (Phi) is 4.15. The van der Waals surface area contributed by atoms with Crippen LogP contribution in [0.15, 0.2) is 12.3 Å². The molecule has 0 aliphatic heterocycles. The Morgan fingerprint density at radius 3 is 2.83 bits per heavy atom. The van der Waals surface area contributed by atoms with Gasteiger partial charge in [0.05, 0.1) is 10.5 Å². The van der Waals surface area contributed by atoms with Crippen LogP contribution >= 0.6 is 0 Å². The van der Waals surface area contributed by atoms with E-state index in [1.165, 1.54) is 13.2 Å². The van der Waals surface area contributed by atoms with E-state index in [-0.39, 0.29) is 23.0 Å². The molecule has 0 fully saturated rings. The molecule has 0 spiro atoms. The number of nitrogens with zero attached hydrogens (tertiary/aromatic N) is 3. The molecule has 0 aliphatic carbocycles. The second-order valence-corrected chi connectivity index (χ2v) is 3.44. The van der Waals surface area contributed by atoms with E-state index in [1.807, 2.05) is 0 Å². The van der Waals surface area contributed by atoms with Crippen molar-refractivity contribution in [3.63, 3.8) is 0 Å². The minimum Gasteiger partial charge on any atom is -0.357 e. The van der Waals surface area contributed by atoms with Crippen molar-refractivity contribution in [2.75, 3.05) is 12.4 Å². The number of amides is 1. The van der Waals surface area contributed by atoms with Gasteiger partial charge >= 0.3 is 5.69 Å². The zero-order valence-corrected chi connectivity index (χ0v) is 9.80. The first-order valence-electron chi connectivity index (χ1n) is 5.02. The molecule has 8 heteroatoms. The number of hydrogen-bond acceptors (Lipinski definition) is 6. The zero-order chi connectivity index (χ0) is 13.7. The molecule has 1 amide bonds. The zero-order valence-electron chi connectivity index (χ0n) is 9.80. The topological polar surface area (TPSA) is 121 Å². The minimum absolute atomic E-state index is 0.0462. The summed E-state index contributed by atoms with van der Waals surface area (Å²) in [7, 11) is 1.46. The maximum atomic E-state index is 11.3. The third kappa shape index (κ3) is 2.91. The summed E-state index contributed by atoms with van der Waals surface area (Å²) in [6, 6.07) is 2.19. The molecular formula is C10H11N5O3. The molecule has 1 heterocycles. The molecule has 1 unspecified atom stereocenters. The molecule has 0 saturated carbocycles. The van der Waals surface area contributed by atoms with Gasteiger partial charge in [-0.2, -0.15) is 5.26 Å². The van der Waals surface area contributed by atoms with Crippen molar-refractivity contribution >= 4 is 17.4 Å². The van der Waals surface area contributed by atoms with Crippen LogP contribution in [0.4, 0.5) is 11.5 Å². The van der Waals surface area contributed by atoms with E-state index in [1.54, 1.807) is 13.0 Å². The molecule has 0 aromatic carbocycles. The van der Waals surface area contributed by atoms with Crippen LogP contribution in [-0.4, -0.2) is 28.9 Å². The summed E-state index contributed by atoms with van der Waals surface area (Å²) in [5, 5.41) is 24.5. The Labute approximate surface area is 103 Å². The van der Waals surface area contributed by atoms with Crippen LogP contribution in [0.1, 0.15) is 12.5 Å². The molecule has 1 aromatic heterocycles. The standard InChI is InChI=1S/C10H11N5O3/c1-6(10(16)12-2)14-9-8(15(17)18)3-7(4-11)5-13-9/h3,5-6H,1-2H3,(H,12,16)(H,13,14). The summed E-state index contributed by atoms with van der Waals surface area (Å²) >= 11 is 0. The molecule has 18 heavy (non-hydrogen) atoms. The Bertz CT molecular complexity index is 523. The van der Waals surface area contributed by atoms with Crippen LogP contribution in [0.5, 0.6) is 0 Å². The molecule has 0 saturated heterocycles. The molecule has 0 radical (unpaired) electrons. The first kappa shape index (κ1) is 13.4. The van der Waals surface area contributed by atoms with Gasteiger partial charge in [-0.1, -0.05) is 0 Å². The Morgan fingerprint density at radius 2 is 2.33 bits per heavy atom. The van der Waals surface area contributed by atoms with Crippen molar-refractivity contribution in [2.45, 2.75) is 13.0 Å². The molecule has 0 aliphatic rings. The number of nitriles is 1. The molecule has 1 aromatic rings. The first-order valence-corrected chi connectivity index (χ1v) is 5.02. The maximum absolute atomic E-state index is 11.3. The largest absolute Gasteiger partial charge is 0.357 e. The van der Waals surface area contributed by atoms with E-state index in [4.69, 9.17) is 5.26 Å². The smallest absolute Gasteiger partial charge is 0.312 e. The van der Waals surface area contributed by atoms with Gasteiger partial charge < -0.3 is 10.6 Å². The molecule has 0 bridgehead atoms. The second kappa shape index (κ2) is 5.58. The summed E-state index contributed by atoms with van der Waals surface area (Å²) < 4.78 is 0. The summed E-state index contributed by atoms with van der Waals surface area (Å²) in [6.07, 6.45) is 1.20. The van der Waals surface area contributed by atoms with Gasteiger partial charge in [0.1, 0.15) is 12.1 Å². The quantitative estimate of drug-likeness (QED) is 0.588. The van der Waals surface area contributed by atoms with Crippen molar-refractivity contribution in [3.05, 3.63) is 27.9 Å². The van der Waals surface area contributed by atoms with Crippen LogP contribution in [0.3, 0.4) is 0 Å². The number of pyridine rings is 1. The monoisotopic (exact) mass is 249 g/mol. The van der Waals surface area contributed by atoms with E-state index < -0.39 is 11.0 Å². The number of nitrogens with one attached hydrogen (secondary N) is 2. The first-order chi connectivity index (χ1) is 8.49. The Balaban J connectivity index is 3.06. The van der Waals surface area contributed by atoms with Crippen LogP contribution in [0.25, 0.3) is 0 Å². The Hall–Kier alpha value is -2.69. The highest BCUT2D eigenvalue weighted by molar-refractivity contribution is 5.84. The number of anilines is 1. The summed E-state index contributed by atoms with van der Waals surface area (Å²) in [6.45, 7) is 1.54. The lowest BCUT2D eigenvalue weighted by molar-refractivity contribution is -0.384. The molecular weight excluding hydrogens is 238 g/mol. The average Bonchev–Trinajstić information content (AvgIpc) is 2.37. The number of hydrogen-bond donors (Lipinski definition) is 2. The van der Waals surface area contributed by atoms with Crippen molar-refractivity contribution in [1.29, 1.82) is 5.26 Å². The lowest BCUT2D eigenvalue weighted by Crippen LogP contribution is -2.35. The fraction of sp³-hybridized carbons (Fsp3) is 0.300. The number of aromatic nitrogens is 1. The number of likely N-dealkylation sites (N-methyl/N-ethyl adjacent to an activating group) is 1. The lowest BCUT2D eigenvalue weighted by atomic mass is 10.2. The predicted octanol–water partition coefficient (Wildman–Crippen LogP) is 0.408. The Morgan fingerprint density at radius 1 is 1.67 bits per heavy atom. The van der Waals surface area contributed by atoms with Gasteiger partial charge in [0.2, 0.25) is 11.7 Å². The van der Waals surface area contributed by atoms with Crippen LogP contribution in [0.2, 0.25) is 0 Å². The normalized spacial score (nSPS) is 11.2. The molecule has 8 nitrogen and oxygen atoms in total. The maximum Gasteiger partial charge on any atom is 0.312 e. The van der Waals surface area contributed by atoms with Gasteiger partial charge in [0.25, 0.3) is 0 Å². The van der Waals surface area contributed by atoms with E-state index in [0.29, 0.717) is 0 Å². The molecule has 1 rings (SSSR count). The van der Waals surface area contributed by atoms with Gasteiger partial charge in [0.15, 0.2) is 0 Å². The second-order valence-electron chi connectivity index (χ2n) is 3.44. The summed E-state index contributed by atoms with van der Waals surface area (Å²) in [5.74, 6) is -0.370. The summed E-state index contributed by atoms with van der Waals surface area (Å²) in [4.78, 5) is 25.2. The SMILES string of the molecule is CNC(=O)C(C)Nc1ncc(C#N)cc1[N+](=O)[O-]. The highest BCUT2D eigenvalue weighted by Crippen LogP contribution is 2.23. The van der Waals surface area contributed by atoms with Gasteiger partial charge in [-0.25, -0.2) is 4.98 Å². The van der Waals surface area contributed by atoms with Gasteiger partial charge in [-0.15, -0.1) is 0 Å². The number of carbonyl (C=O) groups is 1. The molecule has 2 N–H and O–H groups in total. The number of nitro groups is 1. The van der Waals surface area contributed by atoms with Gasteiger partial charge in [-0.05, 0) is 6.92 Å². The van der Waals surface area contributed by atoms with Crippen LogP contribution in [-0.2, 0) is 4.79 Å². The van der Waals surface area contributed by atoms with Crippen molar-refractivity contribution < 1.29 is 9.72 Å². The lowest BCUT2D eigenvalue weighted by Gasteiger charge is -2.12. The third-order valence-electron chi connectivity index (χ3n) is 2.19. The van der Waals surface area contributed by atoms with Crippen molar-refractivity contribution in [1.82, 2.24) is 10.3 Å². The highest BCUT2D eigenvalue weighted by Gasteiger charge is 2.20. The highest BCUT2D eigenvalue weighted by atomic mass is 16.6. The van der Waals surface area contributed by atoms with E-state index in [0.717, 1.165) is 6.07 Å². The molecule has 94 valence electrons. The average molecular weight is 249 g/mol. The number of rotatable bonds is 4. The summed E-state index contributed by atoms with van der Waals surface area (Å²) in [5.41, 5.74) is -0.260. The number of carbonyl (C=O) groups excluding carboxylic acids is 1.